The summed E-state index contributed by atoms with van der Waals surface area (Å²) in [5, 5.41) is 9.67. The molecule has 1 aromatic carbocycles. The van der Waals surface area contributed by atoms with Crippen LogP contribution in [0.15, 0.2) is 30.6 Å². The molecule has 124 valence electrons. The molecule has 7 nitrogen and oxygen atoms in total. The molecule has 0 unspecified atom stereocenters. The number of terminal acetylenes is 1. The highest BCUT2D eigenvalue weighted by atomic mass is 16.5. The van der Waals surface area contributed by atoms with Gasteiger partial charge in [0.2, 0.25) is 0 Å². The monoisotopic (exact) mass is 325 g/mol. The molecule has 1 aliphatic heterocycles. The van der Waals surface area contributed by atoms with Crippen LogP contribution in [0.25, 0.3) is 0 Å². The summed E-state index contributed by atoms with van der Waals surface area (Å²) in [5.74, 6) is 3.81. The molecule has 1 saturated heterocycles. The number of amides is 2. The molecule has 0 saturated carbocycles. The van der Waals surface area contributed by atoms with Crippen LogP contribution >= 0.6 is 0 Å². The zero-order valence-electron chi connectivity index (χ0n) is 13.2. The van der Waals surface area contributed by atoms with Crippen LogP contribution < -0.4 is 10.1 Å². The number of likely N-dealkylation sites (tertiary alicyclic amines) is 1. The topological polar surface area (TPSA) is 83.1 Å². The molecule has 0 radical (unpaired) electrons. The molecule has 1 aromatic heterocycles. The van der Waals surface area contributed by atoms with E-state index in [1.165, 1.54) is 6.33 Å². The van der Waals surface area contributed by atoms with Gasteiger partial charge in [0.15, 0.2) is 0 Å². The summed E-state index contributed by atoms with van der Waals surface area (Å²) in [6, 6.07) is 6.91. The first-order valence-electron chi connectivity index (χ1n) is 7.87. The molecule has 2 aromatic rings. The maximum atomic E-state index is 12.6. The summed E-state index contributed by atoms with van der Waals surface area (Å²) >= 11 is 0. The number of benzene rings is 1. The van der Waals surface area contributed by atoms with E-state index >= 15 is 0 Å². The molecular formula is C17H19N5O2. The van der Waals surface area contributed by atoms with E-state index in [1.54, 1.807) is 29.2 Å². The number of aromatic amines is 1. The number of hydrogen-bond donors (Lipinski definition) is 2. The average molecular weight is 325 g/mol. The molecule has 7 heteroatoms. The number of aromatic nitrogens is 3. The lowest BCUT2D eigenvalue weighted by atomic mass is 10.0. The summed E-state index contributed by atoms with van der Waals surface area (Å²) in [4.78, 5) is 18.6. The first-order chi connectivity index (χ1) is 11.8. The number of rotatable bonds is 4. The van der Waals surface area contributed by atoms with Crippen LogP contribution in [0.1, 0.15) is 31.1 Å². The molecule has 1 aliphatic rings. The number of nitrogens with one attached hydrogen (secondary N) is 2. The van der Waals surface area contributed by atoms with Gasteiger partial charge in [0, 0.05) is 12.2 Å². The summed E-state index contributed by atoms with van der Waals surface area (Å²) in [6.45, 7) is 0.916. The van der Waals surface area contributed by atoms with Crippen molar-refractivity contribution < 1.29 is 9.53 Å². The summed E-state index contributed by atoms with van der Waals surface area (Å²) in [6.07, 6.45) is 9.55. The summed E-state index contributed by atoms with van der Waals surface area (Å²) in [5.41, 5.74) is 0.704. The Morgan fingerprint density at radius 2 is 2.25 bits per heavy atom. The average Bonchev–Trinajstić information content (AvgIpc) is 3.15. The van der Waals surface area contributed by atoms with E-state index in [9.17, 15) is 4.79 Å². The van der Waals surface area contributed by atoms with Crippen LogP contribution in [0.4, 0.5) is 10.5 Å². The Morgan fingerprint density at radius 3 is 2.96 bits per heavy atom. The number of nitrogens with zero attached hydrogens (tertiary/aromatic N) is 3. The number of hydrogen-bond acceptors (Lipinski definition) is 4. The minimum absolute atomic E-state index is 0.0699. The van der Waals surface area contributed by atoms with Crippen LogP contribution in [-0.2, 0) is 0 Å². The van der Waals surface area contributed by atoms with Crippen LogP contribution in [0, 0.1) is 12.3 Å². The molecule has 1 atom stereocenters. The smallest absolute Gasteiger partial charge is 0.322 e. The maximum Gasteiger partial charge on any atom is 0.322 e. The SMILES string of the molecule is C#CCOc1ccc(NC(=O)N2CCCC[C@@H]2c2ncn[nH]2)cc1. The number of piperidine rings is 1. The van der Waals surface area contributed by atoms with Gasteiger partial charge in [0.25, 0.3) is 0 Å². The van der Waals surface area contributed by atoms with Gasteiger partial charge in [0.05, 0.1) is 6.04 Å². The predicted molar refractivity (Wildman–Crippen MR) is 89.5 cm³/mol. The van der Waals surface area contributed by atoms with Crippen molar-refractivity contribution in [3.63, 3.8) is 0 Å². The van der Waals surface area contributed by atoms with Gasteiger partial charge in [-0.2, -0.15) is 5.10 Å². The highest BCUT2D eigenvalue weighted by Crippen LogP contribution is 2.29. The van der Waals surface area contributed by atoms with Crippen molar-refractivity contribution in [1.82, 2.24) is 20.1 Å². The van der Waals surface area contributed by atoms with Gasteiger partial charge >= 0.3 is 6.03 Å². The molecule has 2 amide bonds. The van der Waals surface area contributed by atoms with Crippen molar-refractivity contribution in [1.29, 1.82) is 0 Å². The lowest BCUT2D eigenvalue weighted by molar-refractivity contribution is 0.159. The molecule has 2 N–H and O–H groups in total. The standard InChI is InChI=1S/C17H19N5O2/c1-2-11-24-14-8-6-13(7-9-14)20-17(23)22-10-4-3-5-15(22)16-18-12-19-21-16/h1,6-9,12,15H,3-5,10-11H2,(H,20,23)(H,18,19,21)/t15-/m1/s1. The molecule has 1 fully saturated rings. The molecule has 24 heavy (non-hydrogen) atoms. The van der Waals surface area contributed by atoms with E-state index in [0.29, 0.717) is 18.0 Å². The minimum atomic E-state index is -0.145. The Hall–Kier alpha value is -3.01. The van der Waals surface area contributed by atoms with E-state index in [1.807, 2.05) is 0 Å². The zero-order chi connectivity index (χ0) is 16.8. The normalized spacial score (nSPS) is 17.1. The second-order valence-corrected chi connectivity index (χ2v) is 5.52. The van der Waals surface area contributed by atoms with Gasteiger partial charge in [-0.05, 0) is 43.5 Å². The van der Waals surface area contributed by atoms with Crippen LogP contribution in [-0.4, -0.2) is 39.3 Å². The molecule has 0 bridgehead atoms. The van der Waals surface area contributed by atoms with Crippen molar-refractivity contribution in [2.75, 3.05) is 18.5 Å². The predicted octanol–water partition coefficient (Wildman–Crippen LogP) is 2.58. The third kappa shape index (κ3) is 3.66. The highest BCUT2D eigenvalue weighted by Gasteiger charge is 2.29. The largest absolute Gasteiger partial charge is 0.481 e. The lowest BCUT2D eigenvalue weighted by Crippen LogP contribution is -2.41. The van der Waals surface area contributed by atoms with E-state index in [-0.39, 0.29) is 18.7 Å². The van der Waals surface area contributed by atoms with Gasteiger partial charge in [0.1, 0.15) is 24.5 Å². The van der Waals surface area contributed by atoms with E-state index in [2.05, 4.69) is 26.4 Å². The second kappa shape index (κ2) is 7.51. The van der Waals surface area contributed by atoms with E-state index < -0.39 is 0 Å². The highest BCUT2D eigenvalue weighted by molar-refractivity contribution is 5.89. The quantitative estimate of drug-likeness (QED) is 0.846. The van der Waals surface area contributed by atoms with Crippen molar-refractivity contribution >= 4 is 11.7 Å². The second-order valence-electron chi connectivity index (χ2n) is 5.52. The summed E-state index contributed by atoms with van der Waals surface area (Å²) < 4.78 is 5.32. The van der Waals surface area contributed by atoms with Gasteiger partial charge in [-0.1, -0.05) is 5.92 Å². The number of ether oxygens (including phenoxy) is 1. The van der Waals surface area contributed by atoms with E-state index in [4.69, 9.17) is 11.2 Å². The Balaban J connectivity index is 1.65. The minimum Gasteiger partial charge on any atom is -0.481 e. The van der Waals surface area contributed by atoms with Gasteiger partial charge in [-0.3, -0.25) is 5.10 Å². The third-order valence-electron chi connectivity index (χ3n) is 3.94. The van der Waals surface area contributed by atoms with Gasteiger partial charge in [-0.15, -0.1) is 6.42 Å². The van der Waals surface area contributed by atoms with Gasteiger partial charge < -0.3 is 15.0 Å². The van der Waals surface area contributed by atoms with Crippen LogP contribution in [0.3, 0.4) is 0 Å². The molecular weight excluding hydrogens is 306 g/mol. The fraction of sp³-hybridized carbons (Fsp3) is 0.353. The number of carbonyl (C=O) groups is 1. The first-order valence-corrected chi connectivity index (χ1v) is 7.87. The lowest BCUT2D eigenvalue weighted by Gasteiger charge is -2.34. The number of urea groups is 1. The Bertz CT molecular complexity index is 706. The Labute approximate surface area is 140 Å². The first kappa shape index (κ1) is 15.9. The van der Waals surface area contributed by atoms with Crippen molar-refractivity contribution in [3.05, 3.63) is 36.4 Å². The molecule has 0 aliphatic carbocycles. The fourth-order valence-corrected chi connectivity index (χ4v) is 2.79. The number of carbonyl (C=O) groups excluding carboxylic acids is 1. The van der Waals surface area contributed by atoms with Gasteiger partial charge in [-0.25, -0.2) is 9.78 Å². The number of anilines is 1. The molecule has 3 rings (SSSR count). The van der Waals surface area contributed by atoms with Crippen LogP contribution in [0.5, 0.6) is 5.75 Å². The van der Waals surface area contributed by atoms with Crippen molar-refractivity contribution in [2.45, 2.75) is 25.3 Å². The molecule has 2 heterocycles. The third-order valence-corrected chi connectivity index (χ3v) is 3.94. The van der Waals surface area contributed by atoms with E-state index in [0.717, 1.165) is 25.1 Å². The summed E-state index contributed by atoms with van der Waals surface area (Å²) in [7, 11) is 0. The fourth-order valence-electron chi connectivity index (χ4n) is 2.79. The maximum absolute atomic E-state index is 12.6. The zero-order valence-corrected chi connectivity index (χ0v) is 13.2. The number of H-pyrrole nitrogens is 1. The Kier molecular flexibility index (Phi) is 4.96. The molecule has 0 spiro atoms. The van der Waals surface area contributed by atoms with Crippen molar-refractivity contribution in [2.24, 2.45) is 0 Å². The van der Waals surface area contributed by atoms with Crippen LogP contribution in [0.2, 0.25) is 0 Å². The Morgan fingerprint density at radius 1 is 1.42 bits per heavy atom. The van der Waals surface area contributed by atoms with Crippen molar-refractivity contribution in [3.8, 4) is 18.1 Å².